The van der Waals surface area contributed by atoms with Crippen LogP contribution in [0, 0.1) is 5.92 Å². The first-order valence-corrected chi connectivity index (χ1v) is 8.76. The number of nitrogens with zero attached hydrogens (tertiary/aromatic N) is 2. The van der Waals surface area contributed by atoms with Crippen molar-refractivity contribution in [3.8, 4) is 0 Å². The Morgan fingerprint density at radius 2 is 1.96 bits per heavy atom. The van der Waals surface area contributed by atoms with E-state index in [1.54, 1.807) is 24.4 Å². The van der Waals surface area contributed by atoms with Crippen LogP contribution in [0.1, 0.15) is 30.1 Å². The molecule has 2 aromatic rings. The number of carbonyl (C=O) groups excluding carboxylic acids is 1. The molecule has 1 N–H and O–H groups in total. The van der Waals surface area contributed by atoms with Gasteiger partial charge in [-0.2, -0.15) is 0 Å². The van der Waals surface area contributed by atoms with Gasteiger partial charge < -0.3 is 10.2 Å². The molecule has 0 unspecified atom stereocenters. The summed E-state index contributed by atoms with van der Waals surface area (Å²) in [6.45, 7) is 3.86. The maximum absolute atomic E-state index is 12.5. The van der Waals surface area contributed by atoms with Crippen LogP contribution in [0.2, 0.25) is 10.0 Å². The lowest BCUT2D eigenvalue weighted by Gasteiger charge is -2.30. The maximum Gasteiger partial charge on any atom is 0.255 e. The van der Waals surface area contributed by atoms with E-state index in [1.807, 2.05) is 17.0 Å². The van der Waals surface area contributed by atoms with Gasteiger partial charge in [-0.15, -0.1) is 0 Å². The second kappa shape index (κ2) is 7.41. The number of pyridine rings is 1. The van der Waals surface area contributed by atoms with E-state index in [0.717, 1.165) is 25.9 Å². The first kappa shape index (κ1) is 17.1. The van der Waals surface area contributed by atoms with E-state index in [9.17, 15) is 4.79 Å². The van der Waals surface area contributed by atoms with Gasteiger partial charge in [-0.1, -0.05) is 36.2 Å². The molecular formula is C18H19Cl2N3O. The Bertz CT molecular complexity index is 726. The molecule has 0 atom stereocenters. The van der Waals surface area contributed by atoms with Gasteiger partial charge in [0.25, 0.3) is 5.91 Å². The molecule has 4 nitrogen and oxygen atoms in total. The molecule has 0 radical (unpaired) electrons. The van der Waals surface area contributed by atoms with Gasteiger partial charge in [0.1, 0.15) is 5.82 Å². The van der Waals surface area contributed by atoms with Gasteiger partial charge >= 0.3 is 0 Å². The molecule has 1 aliphatic heterocycles. The number of benzene rings is 1. The second-order valence-electron chi connectivity index (χ2n) is 6.13. The third kappa shape index (κ3) is 3.82. The number of anilines is 2. The molecule has 1 amide bonds. The fraction of sp³-hybridized carbons (Fsp3) is 0.333. The molecule has 1 aliphatic rings. The molecule has 0 bridgehead atoms. The Morgan fingerprint density at radius 1 is 1.21 bits per heavy atom. The number of halogens is 2. The summed E-state index contributed by atoms with van der Waals surface area (Å²) in [6, 6.07) is 8.92. The van der Waals surface area contributed by atoms with Crippen LogP contribution < -0.4 is 5.32 Å². The summed E-state index contributed by atoms with van der Waals surface area (Å²) in [5, 5.41) is 4.04. The van der Waals surface area contributed by atoms with Gasteiger partial charge in [0.15, 0.2) is 0 Å². The molecule has 1 aromatic carbocycles. The zero-order valence-electron chi connectivity index (χ0n) is 13.4. The van der Waals surface area contributed by atoms with E-state index in [2.05, 4.69) is 17.2 Å². The maximum atomic E-state index is 12.5. The molecule has 0 saturated carbocycles. The van der Waals surface area contributed by atoms with Crippen molar-refractivity contribution in [3.05, 3.63) is 52.1 Å². The highest BCUT2D eigenvalue weighted by Gasteiger charge is 2.21. The molecule has 24 heavy (non-hydrogen) atoms. The van der Waals surface area contributed by atoms with Gasteiger partial charge in [0.05, 0.1) is 21.3 Å². The first-order chi connectivity index (χ1) is 11.5. The fourth-order valence-electron chi connectivity index (χ4n) is 2.73. The highest BCUT2D eigenvalue weighted by molar-refractivity contribution is 6.43. The predicted octanol–water partition coefficient (Wildman–Crippen LogP) is 5.00. The van der Waals surface area contributed by atoms with E-state index in [1.165, 1.54) is 0 Å². The van der Waals surface area contributed by atoms with Crippen LogP contribution in [0.25, 0.3) is 0 Å². The lowest BCUT2D eigenvalue weighted by atomic mass is 9.99. The average Bonchev–Trinajstić information content (AvgIpc) is 2.60. The van der Waals surface area contributed by atoms with Gasteiger partial charge in [0.2, 0.25) is 0 Å². The summed E-state index contributed by atoms with van der Waals surface area (Å²) in [4.78, 5) is 18.7. The van der Waals surface area contributed by atoms with Crippen molar-refractivity contribution in [2.24, 2.45) is 5.92 Å². The molecule has 1 saturated heterocycles. The Labute approximate surface area is 151 Å². The number of carbonyl (C=O) groups is 1. The summed E-state index contributed by atoms with van der Waals surface area (Å²) < 4.78 is 0. The number of rotatable bonds is 3. The predicted molar refractivity (Wildman–Crippen MR) is 98.3 cm³/mol. The quantitative estimate of drug-likeness (QED) is 0.833. The normalized spacial score (nSPS) is 15.4. The lowest BCUT2D eigenvalue weighted by molar-refractivity contribution is 0.0697. The summed E-state index contributed by atoms with van der Waals surface area (Å²) >= 11 is 12.2. The molecule has 0 spiro atoms. The zero-order valence-corrected chi connectivity index (χ0v) is 14.9. The minimum absolute atomic E-state index is 0.0433. The molecule has 1 aromatic heterocycles. The molecular weight excluding hydrogens is 345 g/mol. The largest absolute Gasteiger partial charge is 0.339 e. The molecule has 1 fully saturated rings. The van der Waals surface area contributed by atoms with E-state index in [-0.39, 0.29) is 5.91 Å². The van der Waals surface area contributed by atoms with Crippen LogP contribution in [0.4, 0.5) is 11.5 Å². The van der Waals surface area contributed by atoms with Crippen LogP contribution in [0.15, 0.2) is 36.5 Å². The van der Waals surface area contributed by atoms with Crippen molar-refractivity contribution in [1.29, 1.82) is 0 Å². The van der Waals surface area contributed by atoms with Crippen molar-refractivity contribution < 1.29 is 4.79 Å². The molecule has 2 heterocycles. The van der Waals surface area contributed by atoms with Crippen molar-refractivity contribution in [3.63, 3.8) is 0 Å². The van der Waals surface area contributed by atoms with E-state index in [4.69, 9.17) is 23.2 Å². The standard InChI is InChI=1S/C18H19Cl2N3O/c1-12-7-9-23(10-8-12)18(24)13-5-6-16(21-11-13)22-15-4-2-3-14(19)17(15)20/h2-6,11-12H,7-10H2,1H3,(H,21,22). The van der Waals surface area contributed by atoms with Crippen LogP contribution >= 0.6 is 23.2 Å². The van der Waals surface area contributed by atoms with Crippen LogP contribution in [-0.2, 0) is 0 Å². The highest BCUT2D eigenvalue weighted by atomic mass is 35.5. The highest BCUT2D eigenvalue weighted by Crippen LogP contribution is 2.31. The Balaban J connectivity index is 1.69. The van der Waals surface area contributed by atoms with Crippen molar-refractivity contribution in [2.45, 2.75) is 19.8 Å². The minimum atomic E-state index is 0.0433. The number of nitrogens with one attached hydrogen (secondary N) is 1. The summed E-state index contributed by atoms with van der Waals surface area (Å²) in [5.41, 5.74) is 1.29. The SMILES string of the molecule is CC1CCN(C(=O)c2ccc(Nc3cccc(Cl)c3Cl)nc2)CC1. The van der Waals surface area contributed by atoms with E-state index < -0.39 is 0 Å². The number of amides is 1. The number of likely N-dealkylation sites (tertiary alicyclic amines) is 1. The van der Waals surface area contributed by atoms with Gasteiger partial charge in [0, 0.05) is 19.3 Å². The Morgan fingerprint density at radius 3 is 2.62 bits per heavy atom. The van der Waals surface area contributed by atoms with Gasteiger partial charge in [-0.25, -0.2) is 4.98 Å². The van der Waals surface area contributed by atoms with Crippen molar-refractivity contribution in [2.75, 3.05) is 18.4 Å². The number of piperidine rings is 1. The van der Waals surface area contributed by atoms with Crippen LogP contribution in [0.3, 0.4) is 0 Å². The Kier molecular flexibility index (Phi) is 5.27. The average molecular weight is 364 g/mol. The smallest absolute Gasteiger partial charge is 0.255 e. The summed E-state index contributed by atoms with van der Waals surface area (Å²) in [7, 11) is 0. The fourth-order valence-corrected chi connectivity index (χ4v) is 3.07. The minimum Gasteiger partial charge on any atom is -0.339 e. The molecule has 126 valence electrons. The third-order valence-electron chi connectivity index (χ3n) is 4.30. The van der Waals surface area contributed by atoms with Crippen molar-refractivity contribution in [1.82, 2.24) is 9.88 Å². The first-order valence-electron chi connectivity index (χ1n) is 8.01. The van der Waals surface area contributed by atoms with Crippen LogP contribution in [-0.4, -0.2) is 28.9 Å². The monoisotopic (exact) mass is 363 g/mol. The van der Waals surface area contributed by atoms with E-state index in [0.29, 0.717) is 33.0 Å². The van der Waals surface area contributed by atoms with Gasteiger partial charge in [-0.05, 0) is 43.0 Å². The zero-order chi connectivity index (χ0) is 17.1. The topological polar surface area (TPSA) is 45.2 Å². The molecule has 3 rings (SSSR count). The summed E-state index contributed by atoms with van der Waals surface area (Å²) in [6.07, 6.45) is 3.72. The summed E-state index contributed by atoms with van der Waals surface area (Å²) in [5.74, 6) is 1.35. The Hall–Kier alpha value is -1.78. The number of hydrogen-bond donors (Lipinski definition) is 1. The number of hydrogen-bond acceptors (Lipinski definition) is 3. The number of aromatic nitrogens is 1. The van der Waals surface area contributed by atoms with Crippen molar-refractivity contribution >= 4 is 40.6 Å². The van der Waals surface area contributed by atoms with E-state index >= 15 is 0 Å². The van der Waals surface area contributed by atoms with Crippen LogP contribution in [0.5, 0.6) is 0 Å². The lowest BCUT2D eigenvalue weighted by Crippen LogP contribution is -2.37. The molecule has 6 heteroatoms. The molecule has 0 aliphatic carbocycles. The van der Waals surface area contributed by atoms with Gasteiger partial charge in [-0.3, -0.25) is 4.79 Å². The third-order valence-corrected chi connectivity index (χ3v) is 5.11. The second-order valence-corrected chi connectivity index (χ2v) is 6.92.